The van der Waals surface area contributed by atoms with Crippen molar-refractivity contribution in [1.29, 1.82) is 0 Å². The fourth-order valence-electron chi connectivity index (χ4n) is 10.2. The summed E-state index contributed by atoms with van der Waals surface area (Å²) < 4.78 is 0. The van der Waals surface area contributed by atoms with Crippen LogP contribution in [0.5, 0.6) is 0 Å². The topological polar surface area (TPSA) is 0 Å². The van der Waals surface area contributed by atoms with Crippen LogP contribution in [0.25, 0.3) is 109 Å². The van der Waals surface area contributed by atoms with Gasteiger partial charge in [-0.3, -0.25) is 0 Å². The van der Waals surface area contributed by atoms with Crippen molar-refractivity contribution in [1.82, 2.24) is 0 Å². The SMILES string of the molecule is C.CC1(C)c2cc(-c3ccc(-c4cccc5ccccc45)cc3)ccc2-c2cc3c(-c4ccc5ccccc5c4)c4ccccc4c(-c4ccc5ccccc5c4)c3cc21. The van der Waals surface area contributed by atoms with Crippen molar-refractivity contribution in [3.05, 3.63) is 217 Å². The Morgan fingerprint density at radius 3 is 1.37 bits per heavy atom. The van der Waals surface area contributed by atoms with Crippen molar-refractivity contribution < 1.29 is 0 Å². The molecule has 0 saturated heterocycles. The molecule has 11 aromatic rings. The van der Waals surface area contributed by atoms with Crippen LogP contribution in [0.1, 0.15) is 32.4 Å². The highest BCUT2D eigenvalue weighted by Gasteiger charge is 2.37. The molecule has 1 aliphatic carbocycles. The van der Waals surface area contributed by atoms with Crippen LogP contribution in [0.4, 0.5) is 0 Å². The second kappa shape index (κ2) is 13.7. The van der Waals surface area contributed by atoms with E-state index < -0.39 is 0 Å². The van der Waals surface area contributed by atoms with Gasteiger partial charge in [0, 0.05) is 5.41 Å². The van der Waals surface area contributed by atoms with Crippen molar-refractivity contribution in [3.8, 4) is 55.6 Å². The Kier molecular flexibility index (Phi) is 8.16. The van der Waals surface area contributed by atoms with Gasteiger partial charge in [-0.25, -0.2) is 0 Å². The Balaban J connectivity index is 0.00000408. The molecular weight excluding hydrogens is 721 g/mol. The van der Waals surface area contributed by atoms with E-state index in [1.807, 2.05) is 0 Å². The van der Waals surface area contributed by atoms with E-state index in [1.165, 1.54) is 121 Å². The van der Waals surface area contributed by atoms with Crippen LogP contribution in [-0.4, -0.2) is 0 Å². The highest BCUT2D eigenvalue weighted by Crippen LogP contribution is 2.54. The van der Waals surface area contributed by atoms with E-state index in [0.29, 0.717) is 0 Å². The minimum absolute atomic E-state index is 0. The maximum atomic E-state index is 2.55. The van der Waals surface area contributed by atoms with Gasteiger partial charge >= 0.3 is 0 Å². The molecule has 12 rings (SSSR count). The van der Waals surface area contributed by atoms with E-state index in [-0.39, 0.29) is 12.8 Å². The van der Waals surface area contributed by atoms with Gasteiger partial charge in [0.25, 0.3) is 0 Å². The van der Waals surface area contributed by atoms with Crippen LogP contribution >= 0.6 is 0 Å². The Morgan fingerprint density at radius 1 is 0.267 bits per heavy atom. The lowest BCUT2D eigenvalue weighted by molar-refractivity contribution is 0.661. The molecule has 0 radical (unpaired) electrons. The monoisotopic (exact) mass is 764 g/mol. The van der Waals surface area contributed by atoms with E-state index in [9.17, 15) is 0 Å². The van der Waals surface area contributed by atoms with Crippen LogP contribution in [0.15, 0.2) is 206 Å². The van der Waals surface area contributed by atoms with E-state index in [4.69, 9.17) is 0 Å². The van der Waals surface area contributed by atoms with Crippen LogP contribution < -0.4 is 0 Å². The molecule has 0 N–H and O–H groups in total. The minimum Gasteiger partial charge on any atom is -0.0776 e. The third kappa shape index (κ3) is 5.45. The lowest BCUT2D eigenvalue weighted by atomic mass is 9.79. The van der Waals surface area contributed by atoms with Crippen molar-refractivity contribution in [2.24, 2.45) is 0 Å². The second-order valence-electron chi connectivity index (χ2n) is 16.9. The molecular formula is C60H44. The van der Waals surface area contributed by atoms with Crippen molar-refractivity contribution in [2.45, 2.75) is 26.7 Å². The van der Waals surface area contributed by atoms with Gasteiger partial charge in [0.05, 0.1) is 0 Å². The molecule has 0 aromatic heterocycles. The zero-order valence-corrected chi connectivity index (χ0v) is 33.1. The summed E-state index contributed by atoms with van der Waals surface area (Å²) in [5.41, 5.74) is 15.3. The molecule has 0 spiro atoms. The summed E-state index contributed by atoms with van der Waals surface area (Å²) in [6.07, 6.45) is 0. The number of fused-ring (bicyclic) bond motifs is 8. The van der Waals surface area contributed by atoms with Crippen LogP contribution in [0.3, 0.4) is 0 Å². The van der Waals surface area contributed by atoms with Crippen LogP contribution in [0.2, 0.25) is 0 Å². The molecule has 0 unspecified atom stereocenters. The molecule has 0 nitrogen and oxygen atoms in total. The maximum Gasteiger partial charge on any atom is 0.0159 e. The Bertz CT molecular complexity index is 3500. The summed E-state index contributed by atoms with van der Waals surface area (Å²) >= 11 is 0. The Morgan fingerprint density at radius 2 is 0.733 bits per heavy atom. The average molecular weight is 765 g/mol. The summed E-state index contributed by atoms with van der Waals surface area (Å²) in [6.45, 7) is 4.83. The molecule has 0 amide bonds. The van der Waals surface area contributed by atoms with E-state index in [1.54, 1.807) is 0 Å². The molecule has 0 heteroatoms. The van der Waals surface area contributed by atoms with Gasteiger partial charge in [-0.05, 0) is 151 Å². The molecule has 60 heavy (non-hydrogen) atoms. The third-order valence-electron chi connectivity index (χ3n) is 13.2. The molecule has 0 saturated carbocycles. The first kappa shape index (κ1) is 35.8. The smallest absolute Gasteiger partial charge is 0.0159 e. The highest BCUT2D eigenvalue weighted by atomic mass is 14.4. The number of benzene rings is 11. The lowest BCUT2D eigenvalue weighted by Crippen LogP contribution is -2.15. The van der Waals surface area contributed by atoms with E-state index in [2.05, 4.69) is 220 Å². The molecule has 0 atom stereocenters. The van der Waals surface area contributed by atoms with Crippen molar-refractivity contribution in [3.63, 3.8) is 0 Å². The summed E-state index contributed by atoms with van der Waals surface area (Å²) in [5.74, 6) is 0. The van der Waals surface area contributed by atoms with Gasteiger partial charge in [0.2, 0.25) is 0 Å². The molecule has 0 fully saturated rings. The van der Waals surface area contributed by atoms with Gasteiger partial charge < -0.3 is 0 Å². The summed E-state index contributed by atoms with van der Waals surface area (Å²) in [7, 11) is 0. The molecule has 284 valence electrons. The van der Waals surface area contributed by atoms with E-state index in [0.717, 1.165) is 0 Å². The fourth-order valence-corrected chi connectivity index (χ4v) is 10.2. The zero-order valence-electron chi connectivity index (χ0n) is 33.1. The number of rotatable bonds is 4. The largest absolute Gasteiger partial charge is 0.0776 e. The molecule has 0 heterocycles. The van der Waals surface area contributed by atoms with Crippen molar-refractivity contribution >= 4 is 53.9 Å². The van der Waals surface area contributed by atoms with Gasteiger partial charge in [0.1, 0.15) is 0 Å². The number of hydrogen-bond acceptors (Lipinski definition) is 0. The molecule has 0 bridgehead atoms. The zero-order chi connectivity index (χ0) is 39.2. The van der Waals surface area contributed by atoms with Gasteiger partial charge in [-0.2, -0.15) is 0 Å². The minimum atomic E-state index is -0.201. The van der Waals surface area contributed by atoms with Crippen molar-refractivity contribution in [2.75, 3.05) is 0 Å². The van der Waals surface area contributed by atoms with Crippen LogP contribution in [0, 0.1) is 0 Å². The standard InChI is InChI=1S/C59H40.CH4/c1-59(2)55-34-44(39-22-26-41(27-23-39)48-21-11-17-40-14-7-8-18-47(40)48)30-31-49(55)52-35-53-54(36-56(52)59)58(46-29-25-38-13-4-6-16-43(38)33-46)51-20-10-9-19-50(51)57(53)45-28-24-37-12-3-5-15-42(37)32-45;/h3-36H,1-2H3;1H4. The lowest BCUT2D eigenvalue weighted by Gasteiger charge is -2.24. The fraction of sp³-hybridized carbons (Fsp3) is 0.0667. The van der Waals surface area contributed by atoms with E-state index >= 15 is 0 Å². The molecule has 0 aliphatic heterocycles. The maximum absolute atomic E-state index is 2.55. The first-order chi connectivity index (χ1) is 29.0. The summed E-state index contributed by atoms with van der Waals surface area (Å²) in [5, 5.41) is 12.7. The third-order valence-corrected chi connectivity index (χ3v) is 13.2. The first-order valence-electron chi connectivity index (χ1n) is 20.7. The summed E-state index contributed by atoms with van der Waals surface area (Å²) in [4.78, 5) is 0. The van der Waals surface area contributed by atoms with Crippen LogP contribution in [-0.2, 0) is 5.41 Å². The quantitative estimate of drug-likeness (QED) is 0.157. The second-order valence-corrected chi connectivity index (χ2v) is 16.9. The normalized spacial score (nSPS) is 12.8. The molecule has 1 aliphatic rings. The molecule has 11 aromatic carbocycles. The highest BCUT2D eigenvalue weighted by molar-refractivity contribution is 6.23. The predicted molar refractivity (Wildman–Crippen MR) is 260 cm³/mol. The summed E-state index contributed by atoms with van der Waals surface area (Å²) in [6, 6.07) is 77.1. The number of hydrogen-bond donors (Lipinski definition) is 0. The van der Waals surface area contributed by atoms with Gasteiger partial charge in [-0.15, -0.1) is 0 Å². The predicted octanol–water partition coefficient (Wildman–Crippen LogP) is 17.1. The average Bonchev–Trinajstić information content (AvgIpc) is 3.51. The van der Waals surface area contributed by atoms with Gasteiger partial charge in [-0.1, -0.05) is 197 Å². The first-order valence-corrected chi connectivity index (χ1v) is 20.7. The Labute approximate surface area is 352 Å². The van der Waals surface area contributed by atoms with Gasteiger partial charge in [0.15, 0.2) is 0 Å². The Hall–Kier alpha value is -7.28.